The van der Waals surface area contributed by atoms with Gasteiger partial charge in [-0.05, 0) is 42.5 Å². The van der Waals surface area contributed by atoms with E-state index in [-0.39, 0.29) is 11.4 Å². The van der Waals surface area contributed by atoms with Gasteiger partial charge < -0.3 is 9.72 Å². The average molecular weight is 373 g/mol. The lowest BCUT2D eigenvalue weighted by atomic mass is 10.0. The van der Waals surface area contributed by atoms with Gasteiger partial charge in [0, 0.05) is 22.0 Å². The normalized spacial score (nSPS) is 12.3. The van der Waals surface area contributed by atoms with Crippen LogP contribution in [0.3, 0.4) is 0 Å². The van der Waals surface area contributed by atoms with Crippen LogP contribution in [0.1, 0.15) is 11.1 Å². The fourth-order valence-corrected chi connectivity index (χ4v) is 2.95. The number of aromatic nitrogens is 2. The van der Waals surface area contributed by atoms with Crippen molar-refractivity contribution in [2.75, 3.05) is 0 Å². The van der Waals surface area contributed by atoms with Crippen molar-refractivity contribution in [2.24, 2.45) is 0 Å². The Balaban J connectivity index is 1.81. The van der Waals surface area contributed by atoms with Gasteiger partial charge in [-0.3, -0.25) is 4.79 Å². The van der Waals surface area contributed by atoms with Gasteiger partial charge in [0.05, 0.1) is 5.56 Å². The molecule has 2 aromatic carbocycles. The maximum atomic E-state index is 13.0. The largest absolute Gasteiger partial charge is 0.438 e. The molecule has 0 radical (unpaired) electrons. The number of benzene rings is 2. The molecule has 4 nitrogen and oxygen atoms in total. The molecule has 1 aromatic heterocycles. The summed E-state index contributed by atoms with van der Waals surface area (Å²) >= 11 is 3.41. The second kappa shape index (κ2) is 5.31. The first kappa shape index (κ1) is 14.1. The van der Waals surface area contributed by atoms with E-state index in [0.29, 0.717) is 35.0 Å². The van der Waals surface area contributed by atoms with Gasteiger partial charge in [-0.1, -0.05) is 15.9 Å². The average Bonchev–Trinajstić information content (AvgIpc) is 2.54. The minimum atomic E-state index is -0.343. The van der Waals surface area contributed by atoms with Crippen LogP contribution in [0.15, 0.2) is 51.7 Å². The van der Waals surface area contributed by atoms with E-state index in [1.165, 1.54) is 12.1 Å². The number of ether oxygens (including phenoxy) is 1. The molecule has 0 spiro atoms. The van der Waals surface area contributed by atoms with Gasteiger partial charge in [-0.25, -0.2) is 4.39 Å². The molecule has 0 atom stereocenters. The van der Waals surface area contributed by atoms with Gasteiger partial charge >= 0.3 is 0 Å². The molecule has 0 saturated heterocycles. The zero-order chi connectivity index (χ0) is 16.0. The Bertz CT molecular complexity index is 967. The lowest BCUT2D eigenvalue weighted by Crippen LogP contribution is -2.20. The molecule has 0 unspecified atom stereocenters. The predicted molar refractivity (Wildman–Crippen MR) is 87.3 cm³/mol. The summed E-state index contributed by atoms with van der Waals surface area (Å²) in [5.41, 5.74) is 1.78. The molecular weight excluding hydrogens is 363 g/mol. The molecule has 1 N–H and O–H groups in total. The number of fused-ring (bicyclic) bond motifs is 2. The molecule has 23 heavy (non-hydrogen) atoms. The van der Waals surface area contributed by atoms with Crippen LogP contribution in [-0.2, 0) is 6.42 Å². The minimum Gasteiger partial charge on any atom is -0.438 e. The second-order valence-electron chi connectivity index (χ2n) is 5.24. The quantitative estimate of drug-likeness (QED) is 0.548. The number of H-pyrrole nitrogens is 1. The number of aromatic amines is 1. The van der Waals surface area contributed by atoms with E-state index in [2.05, 4.69) is 25.9 Å². The Labute approximate surface area is 139 Å². The molecule has 6 heteroatoms. The molecule has 2 heterocycles. The zero-order valence-corrected chi connectivity index (χ0v) is 13.4. The molecule has 0 amide bonds. The zero-order valence-electron chi connectivity index (χ0n) is 11.8. The lowest BCUT2D eigenvalue weighted by Gasteiger charge is -2.19. The fraction of sp³-hybridized carbons (Fsp3) is 0.0588. The number of hydrogen-bond acceptors (Lipinski definition) is 3. The smallest absolute Gasteiger partial charge is 0.258 e. The monoisotopic (exact) mass is 372 g/mol. The van der Waals surface area contributed by atoms with Crippen LogP contribution >= 0.6 is 15.9 Å². The topological polar surface area (TPSA) is 55.0 Å². The Morgan fingerprint density at radius 3 is 2.74 bits per heavy atom. The first-order chi connectivity index (χ1) is 11.1. The van der Waals surface area contributed by atoms with Crippen LogP contribution in [0.25, 0.3) is 11.4 Å². The second-order valence-corrected chi connectivity index (χ2v) is 6.15. The third-order valence-corrected chi connectivity index (χ3v) is 4.18. The molecule has 0 fully saturated rings. The van der Waals surface area contributed by atoms with Crippen LogP contribution in [0.2, 0.25) is 0 Å². The van der Waals surface area contributed by atoms with Crippen molar-refractivity contribution in [1.29, 1.82) is 0 Å². The number of nitrogens with one attached hydrogen (secondary N) is 1. The van der Waals surface area contributed by atoms with Crippen LogP contribution < -0.4 is 10.3 Å². The fourth-order valence-electron chi connectivity index (χ4n) is 2.54. The molecule has 1 aliphatic heterocycles. The van der Waals surface area contributed by atoms with E-state index < -0.39 is 0 Å². The third-order valence-electron chi connectivity index (χ3n) is 3.69. The van der Waals surface area contributed by atoms with E-state index in [1.807, 2.05) is 18.2 Å². The Hall–Kier alpha value is -2.47. The van der Waals surface area contributed by atoms with Crippen molar-refractivity contribution in [3.63, 3.8) is 0 Å². The van der Waals surface area contributed by atoms with E-state index >= 15 is 0 Å². The van der Waals surface area contributed by atoms with E-state index in [9.17, 15) is 9.18 Å². The van der Waals surface area contributed by atoms with Gasteiger partial charge in [0.15, 0.2) is 0 Å². The SMILES string of the molecule is O=c1[nH]c(-c2ccc(F)cc2)nc2c1Cc1cc(Br)ccc1O2. The molecule has 1 aliphatic rings. The maximum absolute atomic E-state index is 13.0. The Morgan fingerprint density at radius 2 is 1.96 bits per heavy atom. The first-order valence-electron chi connectivity index (χ1n) is 6.95. The summed E-state index contributed by atoms with van der Waals surface area (Å²) in [4.78, 5) is 19.5. The summed E-state index contributed by atoms with van der Waals surface area (Å²) in [6.45, 7) is 0. The molecular formula is C17H10BrFN2O2. The molecule has 0 aliphatic carbocycles. The molecule has 0 bridgehead atoms. The first-order valence-corrected chi connectivity index (χ1v) is 7.75. The maximum Gasteiger partial charge on any atom is 0.258 e. The highest BCUT2D eigenvalue weighted by Crippen LogP contribution is 2.35. The van der Waals surface area contributed by atoms with Crippen molar-refractivity contribution in [3.05, 3.63) is 74.2 Å². The van der Waals surface area contributed by atoms with Crippen molar-refractivity contribution in [2.45, 2.75) is 6.42 Å². The van der Waals surface area contributed by atoms with Gasteiger partial charge in [0.25, 0.3) is 5.56 Å². The molecule has 4 rings (SSSR count). The standard InChI is InChI=1S/C17H10BrFN2O2/c18-11-3-6-14-10(7-11)8-13-16(22)20-15(21-17(13)23-14)9-1-4-12(19)5-2-9/h1-7H,8H2,(H,20,21,22). The van der Waals surface area contributed by atoms with Gasteiger partial charge in [-0.15, -0.1) is 0 Å². The van der Waals surface area contributed by atoms with Crippen molar-refractivity contribution >= 4 is 15.9 Å². The number of nitrogens with zero attached hydrogens (tertiary/aromatic N) is 1. The Kier molecular flexibility index (Phi) is 3.27. The van der Waals surface area contributed by atoms with Crippen molar-refractivity contribution in [3.8, 4) is 23.0 Å². The lowest BCUT2D eigenvalue weighted by molar-refractivity contribution is 0.438. The summed E-state index contributed by atoms with van der Waals surface area (Å²) in [6, 6.07) is 11.4. The van der Waals surface area contributed by atoms with E-state index in [1.54, 1.807) is 12.1 Å². The van der Waals surface area contributed by atoms with Gasteiger partial charge in [0.2, 0.25) is 5.88 Å². The van der Waals surface area contributed by atoms with Crippen molar-refractivity contribution in [1.82, 2.24) is 9.97 Å². The van der Waals surface area contributed by atoms with Gasteiger partial charge in [0.1, 0.15) is 17.4 Å². The minimum absolute atomic E-state index is 0.250. The highest BCUT2D eigenvalue weighted by atomic mass is 79.9. The van der Waals surface area contributed by atoms with E-state index in [4.69, 9.17) is 4.74 Å². The van der Waals surface area contributed by atoms with Crippen molar-refractivity contribution < 1.29 is 9.13 Å². The molecule has 0 saturated carbocycles. The van der Waals surface area contributed by atoms with Gasteiger partial charge in [-0.2, -0.15) is 4.98 Å². The highest BCUT2D eigenvalue weighted by molar-refractivity contribution is 9.10. The summed E-state index contributed by atoms with van der Waals surface area (Å²) in [7, 11) is 0. The van der Waals surface area contributed by atoms with E-state index in [0.717, 1.165) is 10.0 Å². The summed E-state index contributed by atoms with van der Waals surface area (Å²) in [5, 5.41) is 0. The number of rotatable bonds is 1. The summed E-state index contributed by atoms with van der Waals surface area (Å²) < 4.78 is 19.7. The predicted octanol–water partition coefficient (Wildman–Crippen LogP) is 4.04. The third kappa shape index (κ3) is 2.55. The van der Waals surface area contributed by atoms with Crippen LogP contribution in [0, 0.1) is 5.82 Å². The van der Waals surface area contributed by atoms with Crippen LogP contribution in [0.5, 0.6) is 11.6 Å². The van der Waals surface area contributed by atoms with Crippen LogP contribution in [-0.4, -0.2) is 9.97 Å². The number of halogens is 2. The highest BCUT2D eigenvalue weighted by Gasteiger charge is 2.22. The molecule has 114 valence electrons. The molecule has 3 aromatic rings. The number of hydrogen-bond donors (Lipinski definition) is 1. The van der Waals surface area contributed by atoms with Crippen LogP contribution in [0.4, 0.5) is 4.39 Å². The summed E-state index contributed by atoms with van der Waals surface area (Å²) in [5.74, 6) is 0.992. The Morgan fingerprint density at radius 1 is 1.17 bits per heavy atom. The summed E-state index contributed by atoms with van der Waals surface area (Å²) in [6.07, 6.45) is 0.455.